The Kier molecular flexibility index (Phi) is 5.25. The van der Waals surface area contributed by atoms with Crippen molar-refractivity contribution in [3.8, 4) is 5.75 Å². The molecule has 1 aliphatic heterocycles. The SMILES string of the molecule is Cc1csc(CNC(=O)c2ccc(OC[C@@H]3CCCO3)cc2)n1. The number of nitrogens with one attached hydrogen (secondary N) is 1. The van der Waals surface area contributed by atoms with Gasteiger partial charge in [-0.3, -0.25) is 4.79 Å². The summed E-state index contributed by atoms with van der Waals surface area (Å²) in [5.41, 5.74) is 1.59. The van der Waals surface area contributed by atoms with Crippen LogP contribution in [0.1, 0.15) is 33.9 Å². The molecule has 5 nitrogen and oxygen atoms in total. The number of aryl methyl sites for hydroxylation is 1. The third kappa shape index (κ3) is 4.53. The lowest BCUT2D eigenvalue weighted by Gasteiger charge is -2.11. The van der Waals surface area contributed by atoms with Crippen LogP contribution in [0.25, 0.3) is 0 Å². The minimum absolute atomic E-state index is 0.108. The van der Waals surface area contributed by atoms with Gasteiger partial charge in [0.25, 0.3) is 5.91 Å². The fourth-order valence-electron chi connectivity index (χ4n) is 2.41. The number of thiazole rings is 1. The van der Waals surface area contributed by atoms with Gasteiger partial charge in [-0.2, -0.15) is 0 Å². The van der Waals surface area contributed by atoms with Gasteiger partial charge in [0.2, 0.25) is 0 Å². The third-order valence-electron chi connectivity index (χ3n) is 3.64. The lowest BCUT2D eigenvalue weighted by atomic mass is 10.2. The quantitative estimate of drug-likeness (QED) is 0.883. The molecular weight excluding hydrogens is 312 g/mol. The van der Waals surface area contributed by atoms with Gasteiger partial charge in [-0.25, -0.2) is 4.98 Å². The van der Waals surface area contributed by atoms with Crippen molar-refractivity contribution in [3.05, 3.63) is 45.9 Å². The highest BCUT2D eigenvalue weighted by Crippen LogP contribution is 2.17. The number of amides is 1. The predicted octanol–water partition coefficient (Wildman–Crippen LogP) is 2.94. The summed E-state index contributed by atoms with van der Waals surface area (Å²) in [6, 6.07) is 7.18. The lowest BCUT2D eigenvalue weighted by molar-refractivity contribution is 0.0679. The van der Waals surface area contributed by atoms with Gasteiger partial charge in [-0.1, -0.05) is 0 Å². The minimum atomic E-state index is -0.108. The fraction of sp³-hybridized carbons (Fsp3) is 0.412. The number of ether oxygens (including phenoxy) is 2. The van der Waals surface area contributed by atoms with Gasteiger partial charge in [0.15, 0.2) is 0 Å². The zero-order valence-corrected chi connectivity index (χ0v) is 13.9. The highest BCUT2D eigenvalue weighted by Gasteiger charge is 2.16. The normalized spacial score (nSPS) is 17.2. The molecule has 0 radical (unpaired) electrons. The van der Waals surface area contributed by atoms with E-state index in [1.54, 1.807) is 23.5 Å². The largest absolute Gasteiger partial charge is 0.491 e. The number of carbonyl (C=O) groups excluding carboxylic acids is 1. The van der Waals surface area contributed by atoms with Crippen LogP contribution in [0, 0.1) is 6.92 Å². The zero-order chi connectivity index (χ0) is 16.1. The van der Waals surface area contributed by atoms with Crippen LogP contribution in [0.15, 0.2) is 29.6 Å². The first-order chi connectivity index (χ1) is 11.2. The van der Waals surface area contributed by atoms with Crippen LogP contribution in [-0.4, -0.2) is 30.2 Å². The van der Waals surface area contributed by atoms with Crippen LogP contribution in [0.5, 0.6) is 5.75 Å². The standard InChI is InChI=1S/C17H20N2O3S/c1-12-11-23-16(19-12)9-18-17(20)13-4-6-14(7-5-13)22-10-15-3-2-8-21-15/h4-7,11,15H,2-3,8-10H2,1H3,(H,18,20)/t15-/m0/s1. The molecule has 2 aromatic rings. The van der Waals surface area contributed by atoms with Crippen LogP contribution in [0.4, 0.5) is 0 Å². The molecule has 0 bridgehead atoms. The summed E-state index contributed by atoms with van der Waals surface area (Å²) in [5, 5.41) is 5.76. The number of benzene rings is 1. The Hall–Kier alpha value is -1.92. The van der Waals surface area contributed by atoms with Crippen molar-refractivity contribution >= 4 is 17.2 Å². The molecule has 1 fully saturated rings. The smallest absolute Gasteiger partial charge is 0.251 e. The molecular formula is C17H20N2O3S. The second-order valence-corrected chi connectivity index (χ2v) is 6.48. The molecule has 6 heteroatoms. The summed E-state index contributed by atoms with van der Waals surface area (Å²) in [5.74, 6) is 0.649. The number of aromatic nitrogens is 1. The first-order valence-corrected chi connectivity index (χ1v) is 8.62. The molecule has 1 saturated heterocycles. The van der Waals surface area contributed by atoms with Crippen LogP contribution in [0.3, 0.4) is 0 Å². The van der Waals surface area contributed by atoms with E-state index in [9.17, 15) is 4.79 Å². The highest BCUT2D eigenvalue weighted by atomic mass is 32.1. The van der Waals surface area contributed by atoms with Gasteiger partial charge < -0.3 is 14.8 Å². The Morgan fingerprint density at radius 1 is 1.43 bits per heavy atom. The van der Waals surface area contributed by atoms with E-state index in [1.807, 2.05) is 24.4 Å². The Balaban J connectivity index is 1.48. The molecule has 0 spiro atoms. The van der Waals surface area contributed by atoms with E-state index in [1.165, 1.54) is 0 Å². The van der Waals surface area contributed by atoms with Crippen molar-refractivity contribution in [1.29, 1.82) is 0 Å². The number of hydrogen-bond acceptors (Lipinski definition) is 5. The lowest BCUT2D eigenvalue weighted by Crippen LogP contribution is -2.22. The minimum Gasteiger partial charge on any atom is -0.491 e. The number of carbonyl (C=O) groups is 1. The van der Waals surface area contributed by atoms with E-state index in [2.05, 4.69) is 10.3 Å². The Morgan fingerprint density at radius 3 is 2.91 bits per heavy atom. The van der Waals surface area contributed by atoms with Crippen molar-refractivity contribution in [2.75, 3.05) is 13.2 Å². The van der Waals surface area contributed by atoms with Crippen molar-refractivity contribution in [1.82, 2.24) is 10.3 Å². The fourth-order valence-corrected chi connectivity index (χ4v) is 3.12. The summed E-state index contributed by atoms with van der Waals surface area (Å²) in [6.45, 7) is 3.78. The van der Waals surface area contributed by atoms with Gasteiger partial charge in [-0.05, 0) is 44.0 Å². The van der Waals surface area contributed by atoms with E-state index in [4.69, 9.17) is 9.47 Å². The van der Waals surface area contributed by atoms with E-state index >= 15 is 0 Å². The zero-order valence-electron chi connectivity index (χ0n) is 13.1. The summed E-state index contributed by atoms with van der Waals surface area (Å²) >= 11 is 1.55. The van der Waals surface area contributed by atoms with Crippen LogP contribution < -0.4 is 10.1 Å². The van der Waals surface area contributed by atoms with Gasteiger partial charge in [-0.15, -0.1) is 11.3 Å². The molecule has 23 heavy (non-hydrogen) atoms. The molecule has 0 unspecified atom stereocenters. The molecule has 122 valence electrons. The van der Waals surface area contributed by atoms with Crippen molar-refractivity contribution < 1.29 is 14.3 Å². The first-order valence-electron chi connectivity index (χ1n) is 7.74. The third-order valence-corrected chi connectivity index (χ3v) is 4.61. The van der Waals surface area contributed by atoms with Gasteiger partial charge >= 0.3 is 0 Å². The van der Waals surface area contributed by atoms with Crippen molar-refractivity contribution in [3.63, 3.8) is 0 Å². The molecule has 1 aromatic heterocycles. The maximum absolute atomic E-state index is 12.1. The Bertz CT molecular complexity index is 648. The maximum atomic E-state index is 12.1. The molecule has 0 aliphatic carbocycles. The van der Waals surface area contributed by atoms with Crippen molar-refractivity contribution in [2.24, 2.45) is 0 Å². The highest BCUT2D eigenvalue weighted by molar-refractivity contribution is 7.09. The monoisotopic (exact) mass is 332 g/mol. The average Bonchev–Trinajstić information content (AvgIpc) is 3.22. The molecule has 1 N–H and O–H groups in total. The number of nitrogens with zero attached hydrogens (tertiary/aromatic N) is 1. The van der Waals surface area contributed by atoms with Crippen LogP contribution >= 0.6 is 11.3 Å². The topological polar surface area (TPSA) is 60.5 Å². The van der Waals surface area contributed by atoms with E-state index in [0.717, 1.165) is 35.9 Å². The van der Waals surface area contributed by atoms with Crippen LogP contribution in [0.2, 0.25) is 0 Å². The Morgan fingerprint density at radius 2 is 2.26 bits per heavy atom. The molecule has 1 amide bonds. The molecule has 2 heterocycles. The molecule has 0 saturated carbocycles. The van der Waals surface area contributed by atoms with Crippen molar-refractivity contribution in [2.45, 2.75) is 32.4 Å². The summed E-state index contributed by atoms with van der Waals surface area (Å²) in [4.78, 5) is 16.4. The van der Waals surface area contributed by atoms with E-state index in [-0.39, 0.29) is 12.0 Å². The predicted molar refractivity (Wildman–Crippen MR) is 88.9 cm³/mol. The van der Waals surface area contributed by atoms with Gasteiger partial charge in [0, 0.05) is 23.2 Å². The molecule has 1 aromatic carbocycles. The van der Waals surface area contributed by atoms with E-state index < -0.39 is 0 Å². The second-order valence-electron chi connectivity index (χ2n) is 5.54. The maximum Gasteiger partial charge on any atom is 0.251 e. The van der Waals surface area contributed by atoms with Crippen LogP contribution in [-0.2, 0) is 11.3 Å². The first kappa shape index (κ1) is 16.0. The van der Waals surface area contributed by atoms with Gasteiger partial charge in [0.1, 0.15) is 17.4 Å². The molecule has 1 aliphatic rings. The molecule has 1 atom stereocenters. The second kappa shape index (κ2) is 7.57. The summed E-state index contributed by atoms with van der Waals surface area (Å²) in [6.07, 6.45) is 2.35. The number of hydrogen-bond donors (Lipinski definition) is 1. The van der Waals surface area contributed by atoms with Gasteiger partial charge in [0.05, 0.1) is 12.6 Å². The van der Waals surface area contributed by atoms with E-state index in [0.29, 0.717) is 18.7 Å². The summed E-state index contributed by atoms with van der Waals surface area (Å²) < 4.78 is 11.2. The Labute approximate surface area is 139 Å². The number of rotatable bonds is 6. The average molecular weight is 332 g/mol. The summed E-state index contributed by atoms with van der Waals surface area (Å²) in [7, 11) is 0. The molecule has 3 rings (SSSR count).